The van der Waals surface area contributed by atoms with Gasteiger partial charge in [0.05, 0.1) is 4.90 Å². The predicted molar refractivity (Wildman–Crippen MR) is 125 cm³/mol. The molecule has 0 heterocycles. The van der Waals surface area contributed by atoms with Crippen molar-refractivity contribution in [3.63, 3.8) is 0 Å². The largest absolute Gasteiger partial charge is 0.504 e. The lowest BCUT2D eigenvalue weighted by atomic mass is 10.0. The summed E-state index contributed by atoms with van der Waals surface area (Å²) in [6, 6.07) is 10.8. The number of unbranched alkanes of at least 4 members (excludes halogenated alkanes) is 10. The fourth-order valence-corrected chi connectivity index (χ4v) is 4.08. The second-order valence-corrected chi connectivity index (χ2v) is 9.56. The molecule has 2 aromatic carbocycles. The van der Waals surface area contributed by atoms with Gasteiger partial charge in [0.25, 0.3) is 10.1 Å². The molecule has 0 saturated heterocycles. The highest BCUT2D eigenvalue weighted by Crippen LogP contribution is 2.32. The molecule has 0 atom stereocenters. The number of phenols is 1. The van der Waals surface area contributed by atoms with Crippen LogP contribution >= 0.6 is 0 Å². The van der Waals surface area contributed by atoms with Crippen LogP contribution < -0.4 is 4.74 Å². The first-order chi connectivity index (χ1) is 14.9. The lowest BCUT2D eigenvalue weighted by Crippen LogP contribution is -1.97. The van der Waals surface area contributed by atoms with E-state index < -0.39 is 10.1 Å². The normalized spacial score (nSPS) is 11.5. The molecule has 6 heteroatoms. The van der Waals surface area contributed by atoms with Gasteiger partial charge < -0.3 is 9.84 Å². The molecule has 2 rings (SSSR count). The Hall–Kier alpha value is -2.05. The summed E-state index contributed by atoms with van der Waals surface area (Å²) in [6.07, 6.45) is 15.3. The zero-order chi connectivity index (χ0) is 22.5. The fraction of sp³-hybridized carbons (Fsp3) is 0.520. The minimum atomic E-state index is -4.23. The fourth-order valence-electron chi connectivity index (χ4n) is 3.60. The average Bonchev–Trinajstić information content (AvgIpc) is 2.73. The smallest absolute Gasteiger partial charge is 0.294 e. The molecule has 0 bridgehead atoms. The highest BCUT2D eigenvalue weighted by Gasteiger charge is 2.10. The van der Waals surface area contributed by atoms with E-state index in [-0.39, 0.29) is 10.6 Å². The number of hydrogen-bond donors (Lipinski definition) is 2. The number of aromatic hydroxyl groups is 1. The molecule has 0 radical (unpaired) electrons. The summed E-state index contributed by atoms with van der Waals surface area (Å²) in [6.45, 7) is 2.25. The van der Waals surface area contributed by atoms with E-state index in [1.807, 2.05) is 6.07 Å². The molecule has 0 spiro atoms. The molecule has 0 amide bonds. The maximum absolute atomic E-state index is 11.1. The Labute approximate surface area is 187 Å². The first-order valence-corrected chi connectivity index (χ1v) is 12.9. The average molecular weight is 449 g/mol. The van der Waals surface area contributed by atoms with E-state index >= 15 is 0 Å². The molecule has 0 aliphatic heterocycles. The van der Waals surface area contributed by atoms with Gasteiger partial charge in [-0.1, -0.05) is 77.2 Å². The summed E-state index contributed by atoms with van der Waals surface area (Å²) in [4.78, 5) is -0.202. The maximum Gasteiger partial charge on any atom is 0.294 e. The van der Waals surface area contributed by atoms with Crippen molar-refractivity contribution < 1.29 is 22.8 Å². The third-order valence-electron chi connectivity index (χ3n) is 5.44. The summed E-state index contributed by atoms with van der Waals surface area (Å²) in [5.74, 6) is 0.738. The lowest BCUT2D eigenvalue weighted by Gasteiger charge is -2.10. The van der Waals surface area contributed by atoms with Crippen LogP contribution in [0, 0.1) is 0 Å². The van der Waals surface area contributed by atoms with Gasteiger partial charge in [0.2, 0.25) is 0 Å². The van der Waals surface area contributed by atoms with E-state index in [0.717, 1.165) is 18.4 Å². The van der Waals surface area contributed by atoms with Crippen molar-refractivity contribution in [2.45, 2.75) is 88.9 Å². The third-order valence-corrected chi connectivity index (χ3v) is 6.31. The number of benzene rings is 2. The van der Waals surface area contributed by atoms with Crippen molar-refractivity contribution in [3.8, 4) is 17.2 Å². The predicted octanol–water partition coefficient (Wildman–Crippen LogP) is 7.28. The summed E-state index contributed by atoms with van der Waals surface area (Å²) in [5.41, 5.74) is 1.07. The standard InChI is InChI=1S/C25H36O5S/c1-2-3-4-5-6-7-8-9-10-11-12-13-21-14-19-25(24(26)20-21)30-22-15-17-23(18-16-22)31(27,28)29/h14-20,26H,2-13H2,1H3,(H,27,28,29). The van der Waals surface area contributed by atoms with Crippen molar-refractivity contribution in [2.24, 2.45) is 0 Å². The summed E-state index contributed by atoms with van der Waals surface area (Å²) in [5, 5.41) is 10.3. The third kappa shape index (κ3) is 9.74. The molecule has 0 aliphatic rings. The first-order valence-electron chi connectivity index (χ1n) is 11.5. The molecule has 31 heavy (non-hydrogen) atoms. The van der Waals surface area contributed by atoms with E-state index in [0.29, 0.717) is 11.5 Å². The van der Waals surface area contributed by atoms with Crippen molar-refractivity contribution in [1.82, 2.24) is 0 Å². The monoisotopic (exact) mass is 448 g/mol. The SMILES string of the molecule is CCCCCCCCCCCCCc1ccc(Oc2ccc(S(=O)(=O)O)cc2)c(O)c1. The van der Waals surface area contributed by atoms with E-state index in [1.165, 1.54) is 88.5 Å². The first kappa shape index (κ1) is 25.2. The van der Waals surface area contributed by atoms with E-state index in [9.17, 15) is 13.5 Å². The van der Waals surface area contributed by atoms with Crippen molar-refractivity contribution in [2.75, 3.05) is 0 Å². The second-order valence-electron chi connectivity index (χ2n) is 8.14. The maximum atomic E-state index is 11.1. The zero-order valence-electron chi connectivity index (χ0n) is 18.6. The van der Waals surface area contributed by atoms with E-state index in [2.05, 4.69) is 6.92 Å². The number of phenolic OH excluding ortho intramolecular Hbond substituents is 1. The molecule has 2 aromatic rings. The highest BCUT2D eigenvalue weighted by atomic mass is 32.2. The van der Waals surface area contributed by atoms with Crippen LogP contribution in [-0.4, -0.2) is 18.1 Å². The minimum absolute atomic E-state index is 0.0550. The lowest BCUT2D eigenvalue weighted by molar-refractivity contribution is 0.410. The Morgan fingerprint density at radius 1 is 0.774 bits per heavy atom. The molecule has 0 fully saturated rings. The van der Waals surface area contributed by atoms with Crippen LogP contribution in [0.5, 0.6) is 17.2 Å². The van der Waals surface area contributed by atoms with Gasteiger partial charge in [-0.15, -0.1) is 0 Å². The quantitative estimate of drug-likeness (QED) is 0.221. The van der Waals surface area contributed by atoms with Crippen LogP contribution in [-0.2, 0) is 16.5 Å². The number of aryl methyl sites for hydroxylation is 1. The van der Waals surface area contributed by atoms with Crippen LogP contribution in [0.15, 0.2) is 47.4 Å². The van der Waals surface area contributed by atoms with Crippen LogP contribution in [0.2, 0.25) is 0 Å². The highest BCUT2D eigenvalue weighted by molar-refractivity contribution is 7.85. The van der Waals surface area contributed by atoms with Crippen LogP contribution in [0.4, 0.5) is 0 Å². The Morgan fingerprint density at radius 3 is 1.84 bits per heavy atom. The minimum Gasteiger partial charge on any atom is -0.504 e. The Bertz CT molecular complexity index is 875. The Morgan fingerprint density at radius 2 is 1.32 bits per heavy atom. The Balaban J connectivity index is 1.67. The zero-order valence-corrected chi connectivity index (χ0v) is 19.4. The molecule has 0 aliphatic carbocycles. The summed E-state index contributed by atoms with van der Waals surface area (Å²) in [7, 11) is -4.23. The van der Waals surface area contributed by atoms with E-state index in [4.69, 9.17) is 9.29 Å². The van der Waals surface area contributed by atoms with Gasteiger partial charge in [0.1, 0.15) is 5.75 Å². The number of ether oxygens (including phenoxy) is 1. The van der Waals surface area contributed by atoms with Gasteiger partial charge >= 0.3 is 0 Å². The van der Waals surface area contributed by atoms with Gasteiger partial charge in [-0.05, 0) is 54.8 Å². The molecule has 5 nitrogen and oxygen atoms in total. The van der Waals surface area contributed by atoms with Gasteiger partial charge in [-0.2, -0.15) is 8.42 Å². The summed E-state index contributed by atoms with van der Waals surface area (Å²) >= 11 is 0. The van der Waals surface area contributed by atoms with Gasteiger partial charge in [0.15, 0.2) is 11.5 Å². The van der Waals surface area contributed by atoms with E-state index in [1.54, 1.807) is 12.1 Å². The molecular weight excluding hydrogens is 412 g/mol. The van der Waals surface area contributed by atoms with Gasteiger partial charge in [-0.25, -0.2) is 0 Å². The molecule has 172 valence electrons. The van der Waals surface area contributed by atoms with Crippen molar-refractivity contribution in [3.05, 3.63) is 48.0 Å². The Kier molecular flexibility index (Phi) is 10.9. The number of hydrogen-bond acceptors (Lipinski definition) is 4. The second kappa shape index (κ2) is 13.4. The van der Waals surface area contributed by atoms with Gasteiger partial charge in [-0.3, -0.25) is 4.55 Å². The molecule has 0 aromatic heterocycles. The molecule has 2 N–H and O–H groups in total. The summed E-state index contributed by atoms with van der Waals surface area (Å²) < 4.78 is 36.8. The molecule has 0 saturated carbocycles. The van der Waals surface area contributed by atoms with Crippen LogP contribution in [0.25, 0.3) is 0 Å². The van der Waals surface area contributed by atoms with Crippen LogP contribution in [0.3, 0.4) is 0 Å². The molecular formula is C25H36O5S. The van der Waals surface area contributed by atoms with Crippen LogP contribution in [0.1, 0.15) is 83.1 Å². The topological polar surface area (TPSA) is 83.8 Å². The molecule has 0 unspecified atom stereocenters. The number of rotatable bonds is 15. The van der Waals surface area contributed by atoms with Crippen molar-refractivity contribution >= 4 is 10.1 Å². The van der Waals surface area contributed by atoms with Gasteiger partial charge in [0, 0.05) is 0 Å². The van der Waals surface area contributed by atoms with Crippen molar-refractivity contribution in [1.29, 1.82) is 0 Å².